The van der Waals surface area contributed by atoms with Crippen molar-refractivity contribution in [2.24, 2.45) is 0 Å². The third-order valence-corrected chi connectivity index (χ3v) is 0.287. The zero-order chi connectivity index (χ0) is 5.91. The number of hydrogen-bond donors (Lipinski definition) is 0. The molecule has 0 amide bonds. The topological polar surface area (TPSA) is 17.1 Å². The van der Waals surface area contributed by atoms with Crippen molar-refractivity contribution in [1.82, 2.24) is 0 Å². The molecule has 0 saturated carbocycles. The molecule has 0 unspecified atom stereocenters. The van der Waals surface area contributed by atoms with E-state index in [1.807, 2.05) is 0 Å². The SMILES string of the molecule is [2H]C([2H])(C)CC=O. The van der Waals surface area contributed by atoms with Gasteiger partial charge in [-0.25, -0.2) is 0 Å². The highest BCUT2D eigenvalue weighted by Gasteiger charge is 1.66. The van der Waals surface area contributed by atoms with Crippen molar-refractivity contribution in [1.29, 1.82) is 0 Å². The van der Waals surface area contributed by atoms with E-state index < -0.39 is 6.37 Å². The maximum Gasteiger partial charge on any atom is 0.119 e. The second kappa shape index (κ2) is 3.67. The van der Waals surface area contributed by atoms with Crippen LogP contribution in [0.5, 0.6) is 0 Å². The fourth-order valence-electron chi connectivity index (χ4n) is 0.0833. The van der Waals surface area contributed by atoms with Crippen molar-refractivity contribution in [3.05, 3.63) is 0 Å². The summed E-state index contributed by atoms with van der Waals surface area (Å²) < 4.78 is 13.5. The van der Waals surface area contributed by atoms with Gasteiger partial charge >= 0.3 is 0 Å². The lowest BCUT2D eigenvalue weighted by molar-refractivity contribution is -0.107. The number of hydrogen-bond acceptors (Lipinski definition) is 1. The van der Waals surface area contributed by atoms with Crippen LogP contribution in [-0.2, 0) is 4.79 Å². The van der Waals surface area contributed by atoms with E-state index >= 15 is 0 Å². The van der Waals surface area contributed by atoms with Crippen molar-refractivity contribution in [2.75, 3.05) is 0 Å². The van der Waals surface area contributed by atoms with Gasteiger partial charge in [-0.1, -0.05) is 6.92 Å². The van der Waals surface area contributed by atoms with Gasteiger partial charge in [-0.05, 0) is 6.37 Å². The van der Waals surface area contributed by atoms with E-state index in [1.54, 1.807) is 0 Å². The van der Waals surface area contributed by atoms with E-state index in [-0.39, 0.29) is 6.42 Å². The summed E-state index contributed by atoms with van der Waals surface area (Å²) in [4.78, 5) is 9.58. The molecule has 1 heteroatoms. The van der Waals surface area contributed by atoms with Crippen LogP contribution in [0.2, 0.25) is 0 Å². The summed E-state index contributed by atoms with van der Waals surface area (Å²) in [5.74, 6) is 0. The van der Waals surface area contributed by atoms with Gasteiger partial charge in [-0.3, -0.25) is 0 Å². The van der Waals surface area contributed by atoms with Crippen molar-refractivity contribution in [2.45, 2.75) is 19.7 Å². The van der Waals surface area contributed by atoms with Crippen LogP contribution < -0.4 is 0 Å². The first kappa shape index (κ1) is 1.96. The summed E-state index contributed by atoms with van der Waals surface area (Å²) in [6, 6.07) is 0. The molecule has 0 saturated heterocycles. The maximum atomic E-state index is 9.58. The Morgan fingerprint density at radius 2 is 2.80 bits per heavy atom. The van der Waals surface area contributed by atoms with Gasteiger partial charge in [-0.15, -0.1) is 0 Å². The molecule has 0 aliphatic heterocycles. The molecule has 0 heterocycles. The first-order valence-corrected chi connectivity index (χ1v) is 1.50. The summed E-state index contributed by atoms with van der Waals surface area (Å²) in [6.45, 7) is 1.38. The highest BCUT2D eigenvalue weighted by atomic mass is 16.1. The Bertz CT molecular complexity index is 64.6. The second-order valence-corrected chi connectivity index (χ2v) is 0.724. The van der Waals surface area contributed by atoms with E-state index in [0.29, 0.717) is 6.29 Å². The van der Waals surface area contributed by atoms with Gasteiger partial charge in [0.25, 0.3) is 0 Å². The first-order valence-electron chi connectivity index (χ1n) is 2.50. The van der Waals surface area contributed by atoms with Crippen LogP contribution in [0.1, 0.15) is 22.5 Å². The molecule has 0 rings (SSSR count). The zero-order valence-electron chi connectivity index (χ0n) is 5.19. The van der Waals surface area contributed by atoms with E-state index in [0.717, 1.165) is 0 Å². The van der Waals surface area contributed by atoms with Crippen LogP contribution in [0.3, 0.4) is 0 Å². The summed E-state index contributed by atoms with van der Waals surface area (Å²) in [5, 5.41) is 0. The van der Waals surface area contributed by atoms with Gasteiger partial charge in [0.05, 0.1) is 0 Å². The molecule has 0 spiro atoms. The Kier molecular flexibility index (Phi) is 1.44. The molecule has 0 atom stereocenters. The Morgan fingerprint density at radius 3 is 2.80 bits per heavy atom. The van der Waals surface area contributed by atoms with Gasteiger partial charge in [0.2, 0.25) is 0 Å². The molecule has 0 N–H and O–H groups in total. The monoisotopic (exact) mass is 74.1 g/mol. The highest BCUT2D eigenvalue weighted by Crippen LogP contribution is 1.74. The molecule has 1 nitrogen and oxygen atoms in total. The molecule has 0 aliphatic carbocycles. The molecule has 0 aliphatic rings. The van der Waals surface area contributed by atoms with Gasteiger partial charge in [0.1, 0.15) is 6.29 Å². The van der Waals surface area contributed by atoms with Crippen LogP contribution in [0.15, 0.2) is 0 Å². The van der Waals surface area contributed by atoms with Gasteiger partial charge in [0.15, 0.2) is 0 Å². The average molecular weight is 74.1 g/mol. The summed E-state index contributed by atoms with van der Waals surface area (Å²) in [6.07, 6.45) is -0.741. The van der Waals surface area contributed by atoms with Crippen LogP contribution in [0.25, 0.3) is 0 Å². The zero-order valence-corrected chi connectivity index (χ0v) is 3.19. The van der Waals surface area contributed by atoms with E-state index in [4.69, 9.17) is 2.74 Å². The summed E-state index contributed by atoms with van der Waals surface area (Å²) in [5.41, 5.74) is 0. The molecule has 0 fully saturated rings. The van der Waals surface area contributed by atoms with E-state index in [9.17, 15) is 4.79 Å². The Morgan fingerprint density at radius 1 is 2.20 bits per heavy atom. The minimum Gasteiger partial charge on any atom is -0.303 e. The quantitative estimate of drug-likeness (QED) is 0.446. The van der Waals surface area contributed by atoms with Gasteiger partial charge < -0.3 is 4.79 Å². The Balaban J connectivity index is 3.34. The molecule has 0 aromatic rings. The first-order chi connectivity index (χ1) is 3.06. The fourth-order valence-corrected chi connectivity index (χ4v) is 0.0833. The maximum absolute atomic E-state index is 9.58. The third-order valence-electron chi connectivity index (χ3n) is 0.287. The minimum absolute atomic E-state index is 0.00694. The highest BCUT2D eigenvalue weighted by molar-refractivity contribution is 5.48. The van der Waals surface area contributed by atoms with Crippen molar-refractivity contribution < 1.29 is 7.54 Å². The van der Waals surface area contributed by atoms with Crippen molar-refractivity contribution >= 4 is 6.29 Å². The summed E-state index contributed by atoms with van der Waals surface area (Å²) in [7, 11) is 0. The Hall–Kier alpha value is -0.330. The predicted octanol–water partition coefficient (Wildman–Crippen LogP) is 0.985. The minimum atomic E-state index is -1.32. The normalized spacial score (nSPS) is 16.2. The second-order valence-electron chi connectivity index (χ2n) is 0.724. The molecule has 0 bridgehead atoms. The standard InChI is InChI=1S/C4H8O/c1-2-3-4-5/h4H,2-3H2,1H3/i2D2. The fraction of sp³-hybridized carbons (Fsp3) is 0.750. The van der Waals surface area contributed by atoms with Crippen LogP contribution in [0.4, 0.5) is 0 Å². The number of carbonyl (C=O) groups excluding carboxylic acids is 1. The van der Waals surface area contributed by atoms with Crippen LogP contribution in [0, 0.1) is 0 Å². The largest absolute Gasteiger partial charge is 0.303 e. The third kappa shape index (κ3) is 3.67. The predicted molar refractivity (Wildman–Crippen MR) is 21.0 cm³/mol. The van der Waals surface area contributed by atoms with Gasteiger partial charge in [-0.2, -0.15) is 0 Å². The number of carbonyl (C=O) groups is 1. The molecule has 0 radical (unpaired) electrons. The van der Waals surface area contributed by atoms with E-state index in [1.165, 1.54) is 6.92 Å². The van der Waals surface area contributed by atoms with Crippen molar-refractivity contribution in [3.8, 4) is 0 Å². The van der Waals surface area contributed by atoms with Crippen molar-refractivity contribution in [3.63, 3.8) is 0 Å². The molecule has 5 heavy (non-hydrogen) atoms. The lowest BCUT2D eigenvalue weighted by atomic mass is 10.4. The lowest BCUT2D eigenvalue weighted by Gasteiger charge is -1.68. The smallest absolute Gasteiger partial charge is 0.119 e. The average Bonchev–Trinajstić information content (AvgIpc) is 1.30. The molecule has 0 aromatic heterocycles. The van der Waals surface area contributed by atoms with E-state index in [2.05, 4.69) is 0 Å². The molecular weight excluding hydrogens is 64.0 g/mol. The molecular formula is C4H8O. The molecule has 0 aromatic carbocycles. The lowest BCUT2D eigenvalue weighted by Crippen LogP contribution is -1.64. The number of aldehydes is 1. The van der Waals surface area contributed by atoms with Crippen LogP contribution >= 0.6 is 0 Å². The summed E-state index contributed by atoms with van der Waals surface area (Å²) >= 11 is 0. The van der Waals surface area contributed by atoms with Crippen LogP contribution in [-0.4, -0.2) is 6.29 Å². The molecule has 30 valence electrons. The van der Waals surface area contributed by atoms with Gasteiger partial charge in [0, 0.05) is 9.16 Å². The number of rotatable bonds is 2. The Labute approximate surface area is 34.8 Å².